The zero-order chi connectivity index (χ0) is 11.5. The number of ether oxygens (including phenoxy) is 2. The van der Waals surface area contributed by atoms with Crippen molar-refractivity contribution in [3.63, 3.8) is 0 Å². The summed E-state index contributed by atoms with van der Waals surface area (Å²) in [6.45, 7) is 4.79. The van der Waals surface area contributed by atoms with Crippen molar-refractivity contribution in [2.24, 2.45) is 0 Å². The van der Waals surface area contributed by atoms with Gasteiger partial charge in [0.2, 0.25) is 0 Å². The van der Waals surface area contributed by atoms with Gasteiger partial charge in [0.25, 0.3) is 0 Å². The van der Waals surface area contributed by atoms with E-state index in [4.69, 9.17) is 9.47 Å². The van der Waals surface area contributed by atoms with Crippen LogP contribution in [0.2, 0.25) is 0 Å². The predicted octanol–water partition coefficient (Wildman–Crippen LogP) is 1.15. The molecule has 94 valence electrons. The van der Waals surface area contributed by atoms with Gasteiger partial charge in [-0.2, -0.15) is 0 Å². The van der Waals surface area contributed by atoms with Gasteiger partial charge < -0.3 is 9.47 Å². The summed E-state index contributed by atoms with van der Waals surface area (Å²) in [6.07, 6.45) is 3.32. The predicted molar refractivity (Wildman–Crippen MR) is 64.9 cm³/mol. The summed E-state index contributed by atoms with van der Waals surface area (Å²) < 4.78 is 9.64. The molecule has 0 saturated heterocycles. The molecule has 16 heavy (non-hydrogen) atoms. The van der Waals surface area contributed by atoms with Crippen LogP contribution < -0.4 is 0 Å². The number of unbranched alkanes of at least 4 members (excludes halogenated alkanes) is 2. The summed E-state index contributed by atoms with van der Waals surface area (Å²) in [7, 11) is 0. The van der Waals surface area contributed by atoms with Gasteiger partial charge in [0, 0.05) is 0 Å². The fourth-order valence-electron chi connectivity index (χ4n) is 0.881. The van der Waals surface area contributed by atoms with Gasteiger partial charge in [-0.3, -0.25) is 9.59 Å². The SMILES string of the molecule is CCCCOC(=O)CC(=O)OCCCC.[SnH2]. The molecule has 0 aliphatic heterocycles. The Morgan fingerprint density at radius 3 is 1.56 bits per heavy atom. The van der Waals surface area contributed by atoms with Gasteiger partial charge in [0.1, 0.15) is 6.42 Å². The van der Waals surface area contributed by atoms with Gasteiger partial charge in [-0.25, -0.2) is 0 Å². The van der Waals surface area contributed by atoms with Crippen LogP contribution in [0.4, 0.5) is 0 Å². The van der Waals surface area contributed by atoms with Gasteiger partial charge in [0.05, 0.1) is 13.2 Å². The van der Waals surface area contributed by atoms with Crippen LogP contribution in [0, 0.1) is 0 Å². The van der Waals surface area contributed by atoms with Crippen molar-refractivity contribution in [2.45, 2.75) is 46.0 Å². The van der Waals surface area contributed by atoms with Crippen LogP contribution in [0.1, 0.15) is 46.0 Å². The first kappa shape index (κ1) is 18.1. The fraction of sp³-hybridized carbons (Fsp3) is 0.818. The number of hydrogen-bond donors (Lipinski definition) is 0. The molecule has 0 aromatic rings. The van der Waals surface area contributed by atoms with Crippen molar-refractivity contribution >= 4 is 35.8 Å². The van der Waals surface area contributed by atoms with Crippen LogP contribution in [0.3, 0.4) is 0 Å². The molecule has 0 bridgehead atoms. The van der Waals surface area contributed by atoms with Gasteiger partial charge in [0.15, 0.2) is 0 Å². The van der Waals surface area contributed by atoms with Crippen molar-refractivity contribution in [3.05, 3.63) is 0 Å². The van der Waals surface area contributed by atoms with Crippen LogP contribution in [0.15, 0.2) is 0 Å². The molecule has 0 unspecified atom stereocenters. The Kier molecular flexibility index (Phi) is 14.5. The Bertz CT molecular complexity index is 174. The summed E-state index contributed by atoms with van der Waals surface area (Å²) >= 11 is 0. The first-order chi connectivity index (χ1) is 7.20. The molecule has 0 saturated carbocycles. The molecule has 0 atom stereocenters. The molecule has 0 fully saturated rings. The van der Waals surface area contributed by atoms with E-state index < -0.39 is 11.9 Å². The van der Waals surface area contributed by atoms with Crippen molar-refractivity contribution in [1.29, 1.82) is 0 Å². The standard InChI is InChI=1S/C11H20O4.Sn.2H/c1-3-5-7-14-10(12)9-11(13)15-8-6-4-2;;;/h3-9H2,1-2H3;;;. The van der Waals surface area contributed by atoms with E-state index in [1.54, 1.807) is 0 Å². The maximum atomic E-state index is 11.0. The summed E-state index contributed by atoms with van der Waals surface area (Å²) in [5.41, 5.74) is 0. The van der Waals surface area contributed by atoms with E-state index in [1.165, 1.54) is 0 Å². The normalized spacial score (nSPS) is 9.12. The summed E-state index contributed by atoms with van der Waals surface area (Å²) in [5.74, 6) is -0.991. The van der Waals surface area contributed by atoms with Crippen molar-refractivity contribution < 1.29 is 19.1 Å². The van der Waals surface area contributed by atoms with Gasteiger partial charge in [-0.05, 0) is 12.8 Å². The first-order valence-electron chi connectivity index (χ1n) is 5.52. The first-order valence-corrected chi connectivity index (χ1v) is 5.52. The monoisotopic (exact) mass is 338 g/mol. The molecular weight excluding hydrogens is 315 g/mol. The fourth-order valence-corrected chi connectivity index (χ4v) is 0.881. The third kappa shape index (κ3) is 11.8. The van der Waals surface area contributed by atoms with Crippen LogP contribution >= 0.6 is 0 Å². The van der Waals surface area contributed by atoms with E-state index in [9.17, 15) is 9.59 Å². The molecule has 0 heterocycles. The van der Waals surface area contributed by atoms with E-state index in [-0.39, 0.29) is 30.3 Å². The van der Waals surface area contributed by atoms with E-state index in [0.717, 1.165) is 25.7 Å². The molecule has 5 heteroatoms. The molecule has 4 nitrogen and oxygen atoms in total. The van der Waals surface area contributed by atoms with Crippen molar-refractivity contribution in [2.75, 3.05) is 13.2 Å². The Balaban J connectivity index is 0. The molecule has 2 radical (unpaired) electrons. The van der Waals surface area contributed by atoms with Gasteiger partial charge in [-0.1, -0.05) is 26.7 Å². The van der Waals surface area contributed by atoms with Gasteiger partial charge in [-0.15, -0.1) is 0 Å². The second-order valence-corrected chi connectivity index (χ2v) is 3.32. The topological polar surface area (TPSA) is 52.6 Å². The van der Waals surface area contributed by atoms with Crippen LogP contribution in [-0.2, 0) is 19.1 Å². The van der Waals surface area contributed by atoms with E-state index >= 15 is 0 Å². The van der Waals surface area contributed by atoms with E-state index in [2.05, 4.69) is 0 Å². The number of esters is 2. The molecular formula is C11H22O4Sn. The number of carbonyl (C=O) groups excluding carboxylic acids is 2. The average molecular weight is 337 g/mol. The Hall–Kier alpha value is -0.261. The number of rotatable bonds is 8. The van der Waals surface area contributed by atoms with Crippen LogP contribution in [0.5, 0.6) is 0 Å². The second-order valence-electron chi connectivity index (χ2n) is 3.32. The summed E-state index contributed by atoms with van der Waals surface area (Å²) in [6, 6.07) is 0. The minimum absolute atomic E-state index is 0. The summed E-state index contributed by atoms with van der Waals surface area (Å²) in [5, 5.41) is 0. The molecule has 0 N–H and O–H groups in total. The van der Waals surface area contributed by atoms with Crippen molar-refractivity contribution in [3.8, 4) is 0 Å². The summed E-state index contributed by atoms with van der Waals surface area (Å²) in [4.78, 5) is 22.1. The van der Waals surface area contributed by atoms with Crippen LogP contribution in [0.25, 0.3) is 0 Å². The molecule has 0 rings (SSSR count). The zero-order valence-electron chi connectivity index (χ0n) is 10.3. The Morgan fingerprint density at radius 1 is 0.875 bits per heavy atom. The molecule has 0 amide bonds. The molecule has 0 aliphatic carbocycles. The molecule has 0 spiro atoms. The quantitative estimate of drug-likeness (QED) is 0.289. The number of hydrogen-bond acceptors (Lipinski definition) is 4. The van der Waals surface area contributed by atoms with E-state index in [0.29, 0.717) is 13.2 Å². The second kappa shape index (κ2) is 12.8. The maximum absolute atomic E-state index is 11.0. The third-order valence-electron chi connectivity index (χ3n) is 1.81. The molecule has 0 aromatic heterocycles. The average Bonchev–Trinajstić information content (AvgIpc) is 2.18. The minimum atomic E-state index is -0.495. The molecule has 0 aromatic carbocycles. The Labute approximate surface area is 114 Å². The van der Waals surface area contributed by atoms with E-state index in [1.807, 2.05) is 13.8 Å². The third-order valence-corrected chi connectivity index (χ3v) is 1.81. The van der Waals surface area contributed by atoms with Crippen LogP contribution in [-0.4, -0.2) is 49.1 Å². The molecule has 0 aliphatic rings. The van der Waals surface area contributed by atoms with Crippen molar-refractivity contribution in [1.82, 2.24) is 0 Å². The zero-order valence-corrected chi connectivity index (χ0v) is 14.3. The van der Waals surface area contributed by atoms with Gasteiger partial charge >= 0.3 is 35.8 Å². The Morgan fingerprint density at radius 2 is 1.25 bits per heavy atom. The number of carbonyl (C=O) groups is 2.